The van der Waals surface area contributed by atoms with Crippen LogP contribution in [0.2, 0.25) is 0 Å². The van der Waals surface area contributed by atoms with Gasteiger partial charge in [-0.15, -0.1) is 0 Å². The molecule has 0 aliphatic heterocycles. The number of rotatable bonds is 7. The largest absolute Gasteiger partial charge is 0.374 e. The van der Waals surface area contributed by atoms with Crippen molar-refractivity contribution in [3.63, 3.8) is 0 Å². The van der Waals surface area contributed by atoms with Gasteiger partial charge < -0.3 is 10.1 Å². The van der Waals surface area contributed by atoms with E-state index in [1.165, 1.54) is 0 Å². The van der Waals surface area contributed by atoms with Crippen LogP contribution in [0, 0.1) is 12.7 Å². The van der Waals surface area contributed by atoms with E-state index in [9.17, 15) is 4.39 Å². The summed E-state index contributed by atoms with van der Waals surface area (Å²) >= 11 is 0. The number of likely N-dealkylation sites (N-methyl/N-ethyl adjacent to an activating group) is 1. The predicted molar refractivity (Wildman–Crippen MR) is 77.9 cm³/mol. The molecule has 1 aromatic rings. The van der Waals surface area contributed by atoms with Gasteiger partial charge in [-0.25, -0.2) is 4.39 Å². The van der Waals surface area contributed by atoms with E-state index in [1.807, 2.05) is 19.9 Å². The molecule has 0 aliphatic carbocycles. The van der Waals surface area contributed by atoms with Crippen LogP contribution in [0.3, 0.4) is 0 Å². The lowest BCUT2D eigenvalue weighted by Gasteiger charge is -2.37. The van der Waals surface area contributed by atoms with Crippen LogP contribution in [0.4, 0.5) is 4.39 Å². The molecule has 2 unspecified atom stereocenters. The lowest BCUT2D eigenvalue weighted by Crippen LogP contribution is -2.43. The van der Waals surface area contributed by atoms with E-state index in [1.54, 1.807) is 12.1 Å². The van der Waals surface area contributed by atoms with Crippen LogP contribution in [0.5, 0.6) is 0 Å². The summed E-state index contributed by atoms with van der Waals surface area (Å²) < 4.78 is 19.6. The molecule has 1 rings (SSSR count). The molecule has 0 amide bonds. The van der Waals surface area contributed by atoms with Crippen molar-refractivity contribution in [1.82, 2.24) is 5.32 Å². The van der Waals surface area contributed by atoms with Gasteiger partial charge in [-0.05, 0) is 57.0 Å². The maximum atomic E-state index is 13.6. The van der Waals surface area contributed by atoms with Crippen molar-refractivity contribution in [2.24, 2.45) is 0 Å². The normalized spacial score (nSPS) is 16.1. The molecule has 0 radical (unpaired) electrons. The molecule has 3 heteroatoms. The Morgan fingerprint density at radius 1 is 1.26 bits per heavy atom. The van der Waals surface area contributed by atoms with E-state index in [0.717, 1.165) is 24.1 Å². The Morgan fingerprint density at radius 3 is 2.42 bits per heavy atom. The molecule has 0 aliphatic rings. The molecule has 0 fully saturated rings. The first kappa shape index (κ1) is 16.1. The maximum Gasteiger partial charge on any atom is 0.123 e. The van der Waals surface area contributed by atoms with Crippen molar-refractivity contribution >= 4 is 0 Å². The minimum Gasteiger partial charge on any atom is -0.374 e. The van der Waals surface area contributed by atoms with Gasteiger partial charge >= 0.3 is 0 Å². The van der Waals surface area contributed by atoms with E-state index >= 15 is 0 Å². The predicted octanol–water partition coefficient (Wildman–Crippen LogP) is 3.99. The molecular formula is C16H26FNO. The third kappa shape index (κ3) is 4.02. The zero-order chi connectivity index (χ0) is 14.5. The second kappa shape index (κ2) is 7.01. The Labute approximate surface area is 116 Å². The number of ether oxygens (including phenoxy) is 1. The van der Waals surface area contributed by atoms with Crippen molar-refractivity contribution in [1.29, 1.82) is 0 Å². The van der Waals surface area contributed by atoms with Crippen LogP contribution in [0.15, 0.2) is 18.2 Å². The molecule has 0 spiro atoms. The van der Waals surface area contributed by atoms with Crippen molar-refractivity contribution in [3.8, 4) is 0 Å². The van der Waals surface area contributed by atoms with E-state index in [2.05, 4.69) is 26.1 Å². The molecule has 1 aromatic carbocycles. The van der Waals surface area contributed by atoms with Crippen molar-refractivity contribution < 1.29 is 9.13 Å². The minimum absolute atomic E-state index is 0.00292. The average molecular weight is 267 g/mol. The van der Waals surface area contributed by atoms with Crippen LogP contribution in [0.1, 0.15) is 51.3 Å². The van der Waals surface area contributed by atoms with E-state index in [4.69, 9.17) is 4.74 Å². The van der Waals surface area contributed by atoms with Crippen LogP contribution < -0.4 is 5.32 Å². The first-order valence-electron chi connectivity index (χ1n) is 7.11. The zero-order valence-corrected chi connectivity index (χ0v) is 12.7. The number of halogens is 1. The second-order valence-electron chi connectivity index (χ2n) is 5.15. The molecular weight excluding hydrogens is 241 g/mol. The van der Waals surface area contributed by atoms with Gasteiger partial charge in [-0.2, -0.15) is 0 Å². The third-order valence-corrected chi connectivity index (χ3v) is 3.59. The highest BCUT2D eigenvalue weighted by molar-refractivity contribution is 5.28. The maximum absolute atomic E-state index is 13.6. The van der Waals surface area contributed by atoms with Gasteiger partial charge in [0.15, 0.2) is 0 Å². The lowest BCUT2D eigenvalue weighted by molar-refractivity contribution is -0.0560. The summed E-state index contributed by atoms with van der Waals surface area (Å²) in [5.74, 6) is -0.187. The number of nitrogens with one attached hydrogen (secondary N) is 1. The summed E-state index contributed by atoms with van der Waals surface area (Å²) in [5.41, 5.74) is 1.57. The van der Waals surface area contributed by atoms with Gasteiger partial charge in [0.25, 0.3) is 0 Å². The summed E-state index contributed by atoms with van der Waals surface area (Å²) in [5, 5.41) is 3.44. The highest BCUT2D eigenvalue weighted by atomic mass is 19.1. The third-order valence-electron chi connectivity index (χ3n) is 3.59. The lowest BCUT2D eigenvalue weighted by atomic mass is 9.87. The van der Waals surface area contributed by atoms with Gasteiger partial charge in [0.05, 0.1) is 11.6 Å². The number of hydrogen-bond acceptors (Lipinski definition) is 2. The van der Waals surface area contributed by atoms with Gasteiger partial charge in [0, 0.05) is 6.61 Å². The smallest absolute Gasteiger partial charge is 0.123 e. The Morgan fingerprint density at radius 2 is 1.95 bits per heavy atom. The Kier molecular flexibility index (Phi) is 5.95. The summed E-state index contributed by atoms with van der Waals surface area (Å²) in [6.45, 7) is 11.6. The Bertz CT molecular complexity index is 387. The summed E-state index contributed by atoms with van der Waals surface area (Å²) in [4.78, 5) is 0. The number of aryl methyl sites for hydroxylation is 1. The van der Waals surface area contributed by atoms with Gasteiger partial charge in [0.1, 0.15) is 5.82 Å². The molecule has 0 bridgehead atoms. The van der Waals surface area contributed by atoms with Crippen molar-refractivity contribution in [2.75, 3.05) is 13.2 Å². The van der Waals surface area contributed by atoms with E-state index in [-0.39, 0.29) is 17.5 Å². The minimum atomic E-state index is -0.328. The molecule has 19 heavy (non-hydrogen) atoms. The Hall–Kier alpha value is -0.930. The van der Waals surface area contributed by atoms with Gasteiger partial charge in [0.2, 0.25) is 0 Å². The molecule has 0 saturated heterocycles. The molecule has 1 N–H and O–H groups in total. The van der Waals surface area contributed by atoms with Crippen LogP contribution in [0.25, 0.3) is 0 Å². The number of hydrogen-bond donors (Lipinski definition) is 1. The molecule has 2 nitrogen and oxygen atoms in total. The topological polar surface area (TPSA) is 21.3 Å². The Balaban J connectivity index is 3.17. The first-order chi connectivity index (χ1) is 8.96. The highest BCUT2D eigenvalue weighted by Gasteiger charge is 2.34. The van der Waals surface area contributed by atoms with Gasteiger partial charge in [-0.3, -0.25) is 0 Å². The molecule has 108 valence electrons. The fraction of sp³-hybridized carbons (Fsp3) is 0.625. The van der Waals surface area contributed by atoms with Gasteiger partial charge in [-0.1, -0.05) is 19.9 Å². The molecule has 0 aromatic heterocycles. The average Bonchev–Trinajstić information content (AvgIpc) is 2.34. The zero-order valence-electron chi connectivity index (χ0n) is 12.7. The van der Waals surface area contributed by atoms with Crippen LogP contribution in [-0.4, -0.2) is 18.8 Å². The highest BCUT2D eigenvalue weighted by Crippen LogP contribution is 2.33. The van der Waals surface area contributed by atoms with E-state index < -0.39 is 0 Å². The SMILES string of the molecule is CCNC(c1cc(C)cc(F)c1)C(C)(CC)OCC. The monoisotopic (exact) mass is 267 g/mol. The summed E-state index contributed by atoms with van der Waals surface area (Å²) in [7, 11) is 0. The summed E-state index contributed by atoms with van der Waals surface area (Å²) in [6.07, 6.45) is 0.869. The molecule has 0 saturated carbocycles. The van der Waals surface area contributed by atoms with Crippen molar-refractivity contribution in [2.45, 2.75) is 52.7 Å². The fourth-order valence-corrected chi connectivity index (χ4v) is 2.54. The molecule has 0 heterocycles. The van der Waals surface area contributed by atoms with Crippen LogP contribution in [-0.2, 0) is 4.74 Å². The fourth-order valence-electron chi connectivity index (χ4n) is 2.54. The second-order valence-corrected chi connectivity index (χ2v) is 5.15. The standard InChI is InChI=1S/C16H26FNO/c1-6-16(5,19-8-3)15(18-7-2)13-9-12(4)10-14(17)11-13/h9-11,15,18H,6-8H2,1-5H3. The first-order valence-corrected chi connectivity index (χ1v) is 7.11. The van der Waals surface area contributed by atoms with E-state index in [0.29, 0.717) is 6.61 Å². The van der Waals surface area contributed by atoms with Crippen molar-refractivity contribution in [3.05, 3.63) is 35.1 Å². The summed E-state index contributed by atoms with van der Waals surface area (Å²) in [6, 6.07) is 5.18. The molecule has 2 atom stereocenters. The number of benzene rings is 1. The van der Waals surface area contributed by atoms with Crippen LogP contribution >= 0.6 is 0 Å². The quantitative estimate of drug-likeness (QED) is 0.806.